The van der Waals surface area contributed by atoms with Crippen molar-refractivity contribution in [3.63, 3.8) is 0 Å². The summed E-state index contributed by atoms with van der Waals surface area (Å²) in [5.41, 5.74) is 7.08. The number of rotatable bonds is 5. The molecule has 0 spiro atoms. The second kappa shape index (κ2) is 16.2. The lowest BCUT2D eigenvalue weighted by atomic mass is 10.2. The zero-order valence-corrected chi connectivity index (χ0v) is 15.1. The fourth-order valence-electron chi connectivity index (χ4n) is 1.27. The third kappa shape index (κ3) is 12.1. The minimum Gasteiger partial charge on any atom is -0.497 e. The second-order valence-electron chi connectivity index (χ2n) is 4.25. The topological polar surface area (TPSA) is 73.9 Å². The van der Waals surface area contributed by atoms with Crippen LogP contribution in [0.2, 0.25) is 0 Å². The van der Waals surface area contributed by atoms with Gasteiger partial charge in [0, 0.05) is 20.8 Å². The molecule has 0 fully saturated rings. The minimum absolute atomic E-state index is 0.285. The zero-order valence-electron chi connectivity index (χ0n) is 15.1. The molecule has 0 unspecified atom stereocenters. The van der Waals surface area contributed by atoms with Crippen molar-refractivity contribution >= 4 is 12.1 Å². The highest BCUT2D eigenvalue weighted by Crippen LogP contribution is 2.10. The van der Waals surface area contributed by atoms with E-state index in [-0.39, 0.29) is 5.84 Å². The number of ether oxygens (including phenoxy) is 2. The molecule has 0 aromatic heterocycles. The third-order valence-electron chi connectivity index (χ3n) is 2.83. The van der Waals surface area contributed by atoms with Crippen LogP contribution in [0.3, 0.4) is 0 Å². The summed E-state index contributed by atoms with van der Waals surface area (Å²) in [5.74, 6) is 1.21. The van der Waals surface area contributed by atoms with E-state index in [1.807, 2.05) is 19.1 Å². The Labute approximate surface area is 140 Å². The molecule has 0 amide bonds. The van der Waals surface area contributed by atoms with Gasteiger partial charge in [-0.3, -0.25) is 9.79 Å². The smallest absolute Gasteiger partial charge is 0.153 e. The molecule has 0 bridgehead atoms. The van der Waals surface area contributed by atoms with Crippen LogP contribution in [0.15, 0.2) is 40.9 Å². The minimum atomic E-state index is 0.285. The molecular formula is C18H30N2O3. The summed E-state index contributed by atoms with van der Waals surface area (Å²) in [6, 6.07) is 8.13. The van der Waals surface area contributed by atoms with Crippen molar-refractivity contribution in [2.75, 3.05) is 27.9 Å². The van der Waals surface area contributed by atoms with Gasteiger partial charge in [0.2, 0.25) is 0 Å². The van der Waals surface area contributed by atoms with Gasteiger partial charge in [-0.25, -0.2) is 0 Å². The number of nitrogens with two attached hydrogens (primary N) is 1. The fourth-order valence-corrected chi connectivity index (χ4v) is 1.27. The van der Waals surface area contributed by atoms with Crippen LogP contribution in [-0.2, 0) is 16.0 Å². The van der Waals surface area contributed by atoms with Crippen molar-refractivity contribution in [2.24, 2.45) is 10.7 Å². The van der Waals surface area contributed by atoms with E-state index in [2.05, 4.69) is 28.8 Å². The molecule has 0 saturated heterocycles. The number of allylic oxidation sites excluding steroid dienone is 1. The number of benzene rings is 1. The largest absolute Gasteiger partial charge is 0.497 e. The molecule has 5 heteroatoms. The Kier molecular flexibility index (Phi) is 16.3. The van der Waals surface area contributed by atoms with Crippen molar-refractivity contribution < 1.29 is 14.3 Å². The number of aryl methyl sites for hydroxylation is 1. The zero-order chi connectivity index (χ0) is 18.1. The number of hydrogen-bond acceptors (Lipinski definition) is 4. The highest BCUT2D eigenvalue weighted by molar-refractivity contribution is 6.12. The number of nitrogens with zero attached hydrogens (tertiary/aromatic N) is 1. The van der Waals surface area contributed by atoms with Crippen LogP contribution in [0, 0.1) is 0 Å². The summed E-state index contributed by atoms with van der Waals surface area (Å²) < 4.78 is 9.56. The second-order valence-corrected chi connectivity index (χ2v) is 4.25. The molecule has 23 heavy (non-hydrogen) atoms. The third-order valence-corrected chi connectivity index (χ3v) is 2.83. The molecule has 1 aromatic carbocycles. The Morgan fingerprint density at radius 3 is 1.96 bits per heavy atom. The first-order valence-electron chi connectivity index (χ1n) is 7.50. The summed E-state index contributed by atoms with van der Waals surface area (Å²) in [5, 5.41) is 0. The molecule has 2 N–H and O–H groups in total. The molecule has 130 valence electrons. The Balaban J connectivity index is 0. The Hall–Kier alpha value is -2.14. The van der Waals surface area contributed by atoms with Gasteiger partial charge in [-0.05, 0) is 38.0 Å². The Bertz CT molecular complexity index is 441. The van der Waals surface area contributed by atoms with Crippen LogP contribution in [-0.4, -0.2) is 40.0 Å². The quantitative estimate of drug-likeness (QED) is 0.391. The van der Waals surface area contributed by atoms with Crippen molar-refractivity contribution in [1.29, 1.82) is 0 Å². The average Bonchev–Trinajstić information content (AvgIpc) is 2.63. The van der Waals surface area contributed by atoms with Gasteiger partial charge in [-0.15, -0.1) is 0 Å². The van der Waals surface area contributed by atoms with E-state index < -0.39 is 0 Å². The maximum atomic E-state index is 10.1. The van der Waals surface area contributed by atoms with Gasteiger partial charge in [0.05, 0.1) is 12.7 Å². The number of aliphatic imine (C=N–C) groups is 1. The summed E-state index contributed by atoms with van der Waals surface area (Å²) in [4.78, 5) is 13.7. The number of amidine groups is 1. The number of carbonyl (C=O) groups excluding carboxylic acids is 1. The van der Waals surface area contributed by atoms with Gasteiger partial charge < -0.3 is 15.2 Å². The molecule has 0 aliphatic carbocycles. The van der Waals surface area contributed by atoms with Crippen LogP contribution < -0.4 is 10.5 Å². The highest BCUT2D eigenvalue weighted by Gasteiger charge is 1.95. The fraction of sp³-hybridized carbons (Fsp3) is 0.444. The van der Waals surface area contributed by atoms with Crippen LogP contribution in [0.5, 0.6) is 5.75 Å². The predicted molar refractivity (Wildman–Crippen MR) is 97.3 cm³/mol. The lowest BCUT2D eigenvalue weighted by molar-refractivity contribution is -0.104. The highest BCUT2D eigenvalue weighted by atomic mass is 16.5. The molecule has 5 nitrogen and oxygen atoms in total. The monoisotopic (exact) mass is 322 g/mol. The molecule has 0 saturated carbocycles. The van der Waals surface area contributed by atoms with Crippen LogP contribution in [0.1, 0.15) is 26.3 Å². The van der Waals surface area contributed by atoms with Gasteiger partial charge in [-0.1, -0.05) is 25.1 Å². The number of hydrogen-bond donors (Lipinski definition) is 1. The summed E-state index contributed by atoms with van der Waals surface area (Å²) >= 11 is 0. The van der Waals surface area contributed by atoms with E-state index in [1.165, 1.54) is 5.56 Å². The summed E-state index contributed by atoms with van der Waals surface area (Å²) in [7, 11) is 4.91. The van der Waals surface area contributed by atoms with Crippen LogP contribution in [0.4, 0.5) is 0 Å². The van der Waals surface area contributed by atoms with Crippen LogP contribution in [0.25, 0.3) is 0 Å². The van der Waals surface area contributed by atoms with E-state index in [4.69, 9.17) is 10.5 Å². The van der Waals surface area contributed by atoms with Crippen molar-refractivity contribution in [2.45, 2.75) is 27.2 Å². The Morgan fingerprint density at radius 2 is 1.74 bits per heavy atom. The Morgan fingerprint density at radius 1 is 1.22 bits per heavy atom. The SMILES string of the molecule is C/C=C(/C=O)C(N)=NC.CCOC.CCc1ccc(OC)cc1. The standard InChI is InChI=1S/C9H12O.C6H10N2O.C3H8O/c1-3-8-4-6-9(10-2)7-5-8;1-3-5(4-9)6(7)8-2;1-3-4-2/h4-7H,3H2,1-2H3;3-4H,1-2H3,(H2,7,8);3H2,1-2H3/b;5-3-;. The lowest BCUT2D eigenvalue weighted by Gasteiger charge is -1.99. The van der Waals surface area contributed by atoms with E-state index in [0.29, 0.717) is 11.9 Å². The van der Waals surface area contributed by atoms with Gasteiger partial charge in [0.25, 0.3) is 0 Å². The number of methoxy groups -OCH3 is 2. The van der Waals surface area contributed by atoms with E-state index in [9.17, 15) is 4.79 Å². The first-order valence-corrected chi connectivity index (χ1v) is 7.50. The van der Waals surface area contributed by atoms with Gasteiger partial charge in [-0.2, -0.15) is 0 Å². The van der Waals surface area contributed by atoms with Crippen LogP contribution >= 0.6 is 0 Å². The van der Waals surface area contributed by atoms with Gasteiger partial charge >= 0.3 is 0 Å². The maximum absolute atomic E-state index is 10.1. The number of carbonyl (C=O) groups is 1. The molecule has 0 heterocycles. The number of aldehydes is 1. The van der Waals surface area contributed by atoms with Gasteiger partial charge in [0.1, 0.15) is 11.6 Å². The lowest BCUT2D eigenvalue weighted by Crippen LogP contribution is -2.15. The molecule has 1 aromatic rings. The summed E-state index contributed by atoms with van der Waals surface area (Å²) in [6.07, 6.45) is 3.39. The molecule has 0 atom stereocenters. The van der Waals surface area contributed by atoms with Crippen molar-refractivity contribution in [1.82, 2.24) is 0 Å². The predicted octanol–water partition coefficient (Wildman–Crippen LogP) is 3.03. The first kappa shape index (κ1) is 23.1. The van der Waals surface area contributed by atoms with E-state index >= 15 is 0 Å². The van der Waals surface area contributed by atoms with Crippen molar-refractivity contribution in [3.05, 3.63) is 41.5 Å². The maximum Gasteiger partial charge on any atom is 0.153 e. The average molecular weight is 322 g/mol. The molecular weight excluding hydrogens is 292 g/mol. The van der Waals surface area contributed by atoms with E-state index in [0.717, 1.165) is 18.8 Å². The first-order chi connectivity index (χ1) is 11.0. The van der Waals surface area contributed by atoms with Gasteiger partial charge in [0.15, 0.2) is 6.29 Å². The summed E-state index contributed by atoms with van der Waals surface area (Å²) in [6.45, 7) is 6.66. The molecule has 0 aliphatic heterocycles. The van der Waals surface area contributed by atoms with Crippen molar-refractivity contribution in [3.8, 4) is 5.75 Å². The molecule has 0 aliphatic rings. The normalized spacial score (nSPS) is 10.7. The molecule has 1 rings (SSSR count). The molecule has 0 radical (unpaired) electrons. The van der Waals surface area contributed by atoms with E-state index in [1.54, 1.807) is 34.3 Å².